The summed E-state index contributed by atoms with van der Waals surface area (Å²) in [5.74, 6) is -2.32. The van der Waals surface area contributed by atoms with Crippen molar-refractivity contribution in [1.29, 1.82) is 0 Å². The van der Waals surface area contributed by atoms with Crippen molar-refractivity contribution in [2.45, 2.75) is 37.3 Å². The van der Waals surface area contributed by atoms with Crippen LogP contribution >= 0.6 is 23.1 Å². The molecule has 0 saturated carbocycles. The number of amides is 4. The average Bonchev–Trinajstić information content (AvgIpc) is 3.61. The molecule has 14 nitrogen and oxygen atoms in total. The summed E-state index contributed by atoms with van der Waals surface area (Å²) >= 11 is 2.53. The smallest absolute Gasteiger partial charge is 0.352 e. The van der Waals surface area contributed by atoms with Crippen molar-refractivity contribution in [1.82, 2.24) is 20.1 Å². The Kier molecular flexibility index (Phi) is 8.95. The number of nitrogens with zero attached hydrogens (tertiary/aromatic N) is 4. The van der Waals surface area contributed by atoms with E-state index in [1.165, 1.54) is 40.1 Å². The van der Waals surface area contributed by atoms with Crippen LogP contribution in [0, 0.1) is 0 Å². The summed E-state index contributed by atoms with van der Waals surface area (Å²) in [6, 6.07) is 8.95. The molecule has 3 aromatic rings. The number of thiazole rings is 1. The number of carbonyl (C=O) groups is 5. The highest BCUT2D eigenvalue weighted by Crippen LogP contribution is 2.41. The number of hydrogen-bond donors (Lipinski definition) is 5. The minimum Gasteiger partial charge on any atom is -0.508 e. The third-order valence-corrected chi connectivity index (χ3v) is 9.83. The molecule has 2 saturated heterocycles. The first kappa shape index (κ1) is 31.7. The van der Waals surface area contributed by atoms with E-state index in [9.17, 15) is 34.2 Å². The molecular weight excluding hydrogens is 647 g/mol. The van der Waals surface area contributed by atoms with Gasteiger partial charge < -0.3 is 31.5 Å². The number of carboxylic acids is 1. The van der Waals surface area contributed by atoms with E-state index in [1.54, 1.807) is 45.4 Å². The Morgan fingerprint density at radius 2 is 1.85 bits per heavy atom. The maximum Gasteiger partial charge on any atom is 0.352 e. The number of aromatic nitrogens is 2. The summed E-state index contributed by atoms with van der Waals surface area (Å²) in [5, 5.41) is 26.3. The lowest BCUT2D eigenvalue weighted by Crippen LogP contribution is -2.70. The lowest BCUT2D eigenvalue weighted by Gasteiger charge is -2.49. The maximum atomic E-state index is 13.3. The maximum absolute atomic E-state index is 13.3. The zero-order chi connectivity index (χ0) is 33.2. The lowest BCUT2D eigenvalue weighted by molar-refractivity contribution is -0.684. The topological polar surface area (TPSA) is 199 Å². The number of nitrogen functional groups attached to an aromatic ring is 1. The number of benzene rings is 1. The molecule has 0 bridgehead atoms. The number of aliphatic carboxylic acids is 1. The summed E-state index contributed by atoms with van der Waals surface area (Å²) in [4.78, 5) is 70.4. The van der Waals surface area contributed by atoms with Gasteiger partial charge in [0.25, 0.3) is 11.8 Å². The molecule has 6 rings (SSSR count). The van der Waals surface area contributed by atoms with Crippen molar-refractivity contribution in [2.24, 2.45) is 0 Å². The molecule has 2 atom stereocenters. The van der Waals surface area contributed by atoms with E-state index in [2.05, 4.69) is 15.6 Å². The highest BCUT2D eigenvalue weighted by molar-refractivity contribution is 8.00. The second kappa shape index (κ2) is 13.3. The van der Waals surface area contributed by atoms with Crippen LogP contribution < -0.4 is 20.9 Å². The monoisotopic (exact) mass is 676 g/mol. The molecule has 0 spiro atoms. The normalized spacial score (nSPS) is 19.9. The number of aromatic hydroxyl groups is 1. The van der Waals surface area contributed by atoms with Crippen molar-refractivity contribution < 1.29 is 38.8 Å². The van der Waals surface area contributed by atoms with Gasteiger partial charge in [-0.25, -0.2) is 9.78 Å². The fraction of sp³-hybridized carbons (Fsp3) is 0.258. The molecule has 0 unspecified atom stereocenters. The highest BCUT2D eigenvalue weighted by Gasteiger charge is 2.54. The van der Waals surface area contributed by atoms with Crippen LogP contribution in [0.25, 0.3) is 0 Å². The summed E-state index contributed by atoms with van der Waals surface area (Å²) in [5.41, 5.74) is 8.16. The van der Waals surface area contributed by atoms with Gasteiger partial charge in [-0.3, -0.25) is 24.1 Å². The number of carboxylic acid groups (broad SMARTS) is 1. The van der Waals surface area contributed by atoms with Crippen LogP contribution in [0.3, 0.4) is 0 Å². The largest absolute Gasteiger partial charge is 0.508 e. The Hall–Kier alpha value is -5.22. The van der Waals surface area contributed by atoms with Gasteiger partial charge in [0.05, 0.1) is 12.1 Å². The molecule has 1 aromatic carbocycles. The molecule has 242 valence electrons. The predicted octanol–water partition coefficient (Wildman–Crippen LogP) is 0.997. The molecule has 6 N–H and O–H groups in total. The predicted molar refractivity (Wildman–Crippen MR) is 171 cm³/mol. The zero-order valence-corrected chi connectivity index (χ0v) is 26.4. The fourth-order valence-corrected chi connectivity index (χ4v) is 7.41. The SMILES string of the molecule is Nc1nc(CC(=O)N[C@@H]2C(=O)N3C(C(=O)O)=C(C=C4CCN(Cc5cc[n+](CC(=O)Nc6ccc(O)cc6)cc5)C4=O)CS[C@H]23)cs1. The number of nitrogens with two attached hydrogens (primary N) is 1. The molecule has 5 heterocycles. The van der Waals surface area contributed by atoms with Gasteiger partial charge in [-0.1, -0.05) is 0 Å². The number of likely N-dealkylation sites (tertiary alicyclic amines) is 1. The molecule has 47 heavy (non-hydrogen) atoms. The number of carbonyl (C=O) groups excluding carboxylic acids is 4. The minimum absolute atomic E-state index is 0.0470. The van der Waals surface area contributed by atoms with E-state index in [0.717, 1.165) is 5.56 Å². The average molecular weight is 677 g/mol. The lowest BCUT2D eigenvalue weighted by atomic mass is 10.0. The fourth-order valence-electron chi connectivity index (χ4n) is 5.54. The summed E-state index contributed by atoms with van der Waals surface area (Å²) in [6.07, 6.45) is 5.44. The van der Waals surface area contributed by atoms with Crippen molar-refractivity contribution in [2.75, 3.05) is 23.3 Å². The Morgan fingerprint density at radius 3 is 2.53 bits per heavy atom. The third kappa shape index (κ3) is 6.97. The van der Waals surface area contributed by atoms with E-state index in [4.69, 9.17) is 5.73 Å². The zero-order valence-electron chi connectivity index (χ0n) is 24.8. The molecule has 3 aliphatic rings. The Bertz CT molecular complexity index is 1820. The van der Waals surface area contributed by atoms with Crippen molar-refractivity contribution >= 4 is 63.5 Å². The van der Waals surface area contributed by atoms with Gasteiger partial charge in [-0.2, -0.15) is 4.57 Å². The number of anilines is 2. The molecule has 0 aliphatic carbocycles. The van der Waals surface area contributed by atoms with Crippen LogP contribution in [0.2, 0.25) is 0 Å². The molecule has 4 amide bonds. The van der Waals surface area contributed by atoms with Gasteiger partial charge in [0.2, 0.25) is 18.4 Å². The van der Waals surface area contributed by atoms with Crippen LogP contribution in [-0.4, -0.2) is 78.3 Å². The standard InChI is InChI=1S/C31H29N7O7S2/c32-31-34-21(16-47-31)12-23(40)35-25-28(43)38-26(30(44)45)19(15-46-29(25)38)11-18-7-10-37(27(18)42)13-17-5-8-36(9-6-17)14-24(41)33-20-1-3-22(39)4-2-20/h1-6,8-9,11,16,25,29H,7,10,12-15H2,(H5-,32,33,34,35,39,40,41,44,45)/p+1/t25-,29-/m1/s1. The second-order valence-corrected chi connectivity index (χ2v) is 13.1. The van der Waals surface area contributed by atoms with E-state index in [1.807, 2.05) is 12.1 Å². The molecule has 3 aliphatic heterocycles. The number of pyridine rings is 1. The molecule has 2 fully saturated rings. The van der Waals surface area contributed by atoms with Crippen LogP contribution in [0.1, 0.15) is 17.7 Å². The number of allylic oxidation sites excluding steroid dienone is 1. The van der Waals surface area contributed by atoms with Crippen molar-refractivity contribution in [3.05, 3.63) is 88.3 Å². The van der Waals surface area contributed by atoms with Crippen molar-refractivity contribution in [3.8, 4) is 5.75 Å². The Labute approximate surface area is 276 Å². The third-order valence-electron chi connectivity index (χ3n) is 7.80. The van der Waals surface area contributed by atoms with Gasteiger partial charge in [-0.05, 0) is 47.9 Å². The summed E-state index contributed by atoms with van der Waals surface area (Å²) in [6.45, 7) is 0.852. The number of hydrogen-bond acceptors (Lipinski definition) is 10. The molecule has 2 aromatic heterocycles. The van der Waals surface area contributed by atoms with Gasteiger partial charge in [-0.15, -0.1) is 23.1 Å². The first-order valence-electron chi connectivity index (χ1n) is 14.5. The number of rotatable bonds is 10. The van der Waals surface area contributed by atoms with Crippen LogP contribution in [-0.2, 0) is 43.5 Å². The van der Waals surface area contributed by atoms with Gasteiger partial charge >= 0.3 is 5.97 Å². The number of phenolic OH excluding ortho intramolecular Hbond substituents is 1. The number of nitrogens with one attached hydrogen (secondary N) is 2. The second-order valence-electron chi connectivity index (χ2n) is 11.1. The number of fused-ring (bicyclic) bond motifs is 1. The first-order chi connectivity index (χ1) is 22.5. The molecular formula is C31H30N7O7S2+. The molecule has 0 radical (unpaired) electrons. The summed E-state index contributed by atoms with van der Waals surface area (Å²) < 4.78 is 1.70. The van der Waals surface area contributed by atoms with E-state index >= 15 is 0 Å². The van der Waals surface area contributed by atoms with Gasteiger partial charge in [0.15, 0.2) is 17.5 Å². The summed E-state index contributed by atoms with van der Waals surface area (Å²) in [7, 11) is 0. The van der Waals surface area contributed by atoms with E-state index < -0.39 is 29.2 Å². The van der Waals surface area contributed by atoms with Crippen LogP contribution in [0.15, 0.2) is 77.1 Å². The quantitative estimate of drug-likeness (QED) is 0.0894. The van der Waals surface area contributed by atoms with Gasteiger partial charge in [0.1, 0.15) is 22.9 Å². The van der Waals surface area contributed by atoms with Crippen LogP contribution in [0.4, 0.5) is 10.8 Å². The number of thioether (sulfide) groups is 1. The Morgan fingerprint density at radius 1 is 1.11 bits per heavy atom. The molecule has 16 heteroatoms. The van der Waals surface area contributed by atoms with Crippen LogP contribution in [0.5, 0.6) is 5.75 Å². The van der Waals surface area contributed by atoms with E-state index in [-0.39, 0.29) is 42.0 Å². The van der Waals surface area contributed by atoms with Crippen molar-refractivity contribution in [3.63, 3.8) is 0 Å². The first-order valence-corrected chi connectivity index (χ1v) is 16.5. The Balaban J connectivity index is 1.06. The minimum atomic E-state index is -1.28. The van der Waals surface area contributed by atoms with E-state index in [0.29, 0.717) is 47.2 Å². The number of phenols is 1. The van der Waals surface area contributed by atoms with Gasteiger partial charge in [0, 0.05) is 47.6 Å². The highest BCUT2D eigenvalue weighted by atomic mass is 32.2. The number of β-lactam (4-membered cyclic amide) rings is 1.